The van der Waals surface area contributed by atoms with E-state index in [0.29, 0.717) is 18.9 Å². The molecule has 1 fully saturated rings. The number of aromatic nitrogens is 1. The van der Waals surface area contributed by atoms with Crippen LogP contribution in [0.25, 0.3) is 0 Å². The number of nitrogens with two attached hydrogens (primary N) is 1. The summed E-state index contributed by atoms with van der Waals surface area (Å²) in [5.41, 5.74) is 7.21. The number of carbonyl (C=O) groups excluding carboxylic acids is 1. The second kappa shape index (κ2) is 10.8. The van der Waals surface area contributed by atoms with E-state index < -0.39 is 0 Å². The van der Waals surface area contributed by atoms with Gasteiger partial charge < -0.3 is 11.1 Å². The summed E-state index contributed by atoms with van der Waals surface area (Å²) >= 11 is 0. The van der Waals surface area contributed by atoms with E-state index in [0.717, 1.165) is 24.8 Å². The molecule has 0 bridgehead atoms. The number of halogens is 2. The number of hydrogen-bond donors (Lipinski definition) is 2. The highest BCUT2D eigenvalue weighted by Crippen LogP contribution is 2.25. The first-order chi connectivity index (χ1) is 9.25. The van der Waals surface area contributed by atoms with E-state index in [1.807, 2.05) is 18.3 Å². The molecule has 6 heteroatoms. The molecule has 2 unspecified atom stereocenters. The molecule has 1 aromatic rings. The monoisotopic (exact) mass is 333 g/mol. The fourth-order valence-electron chi connectivity index (χ4n) is 2.69. The van der Waals surface area contributed by atoms with E-state index in [2.05, 4.69) is 10.3 Å². The molecule has 1 aliphatic carbocycles. The van der Waals surface area contributed by atoms with Gasteiger partial charge in [0.1, 0.15) is 0 Å². The van der Waals surface area contributed by atoms with E-state index >= 15 is 0 Å². The van der Waals surface area contributed by atoms with E-state index in [-0.39, 0.29) is 36.8 Å². The lowest BCUT2D eigenvalue weighted by Gasteiger charge is -2.27. The first kappa shape index (κ1) is 20.2. The molecule has 120 valence electrons. The third kappa shape index (κ3) is 7.11. The lowest BCUT2D eigenvalue weighted by atomic mass is 9.83. The summed E-state index contributed by atoms with van der Waals surface area (Å²) in [5.74, 6) is 0.499. The number of nitrogens with zero attached hydrogens (tertiary/aromatic N) is 1. The van der Waals surface area contributed by atoms with Crippen LogP contribution in [0.2, 0.25) is 0 Å². The molecule has 0 spiro atoms. The molecule has 0 radical (unpaired) electrons. The highest BCUT2D eigenvalue weighted by molar-refractivity contribution is 5.85. The van der Waals surface area contributed by atoms with Crippen LogP contribution in [0.5, 0.6) is 0 Å². The Labute approximate surface area is 139 Å². The maximum atomic E-state index is 11.9. The predicted octanol–water partition coefficient (Wildman–Crippen LogP) is 2.49. The standard InChI is InChI=1S/C15H23N3O.2ClH/c16-14-6-2-1-5-13(14)10-15(19)18-9-7-12-4-3-8-17-11-12;;/h3-4,8,11,13-14H,1-2,5-7,9-10,16H2,(H,18,19);2*1H. The molecule has 21 heavy (non-hydrogen) atoms. The van der Waals surface area contributed by atoms with Crippen LogP contribution >= 0.6 is 24.8 Å². The van der Waals surface area contributed by atoms with Crippen molar-refractivity contribution in [2.45, 2.75) is 44.6 Å². The van der Waals surface area contributed by atoms with Crippen molar-refractivity contribution in [3.63, 3.8) is 0 Å². The van der Waals surface area contributed by atoms with Crippen LogP contribution in [0.15, 0.2) is 24.5 Å². The average Bonchev–Trinajstić information content (AvgIpc) is 2.43. The smallest absolute Gasteiger partial charge is 0.220 e. The van der Waals surface area contributed by atoms with Gasteiger partial charge in [-0.25, -0.2) is 0 Å². The van der Waals surface area contributed by atoms with Gasteiger partial charge in [0.15, 0.2) is 0 Å². The largest absolute Gasteiger partial charge is 0.356 e. The summed E-state index contributed by atoms with van der Waals surface area (Å²) in [6, 6.07) is 4.15. The van der Waals surface area contributed by atoms with Gasteiger partial charge in [-0.05, 0) is 36.8 Å². The van der Waals surface area contributed by atoms with Crippen LogP contribution in [0.1, 0.15) is 37.7 Å². The maximum Gasteiger partial charge on any atom is 0.220 e. The van der Waals surface area contributed by atoms with Crippen molar-refractivity contribution in [1.29, 1.82) is 0 Å². The van der Waals surface area contributed by atoms with Crippen LogP contribution in [0.4, 0.5) is 0 Å². The Morgan fingerprint density at radius 2 is 2.10 bits per heavy atom. The third-order valence-electron chi connectivity index (χ3n) is 3.87. The van der Waals surface area contributed by atoms with Gasteiger partial charge in [-0.2, -0.15) is 0 Å². The quantitative estimate of drug-likeness (QED) is 0.869. The van der Waals surface area contributed by atoms with Crippen molar-refractivity contribution >= 4 is 30.7 Å². The molecule has 1 amide bonds. The van der Waals surface area contributed by atoms with Gasteiger partial charge in [-0.15, -0.1) is 24.8 Å². The maximum absolute atomic E-state index is 11.9. The van der Waals surface area contributed by atoms with Crippen LogP contribution in [-0.4, -0.2) is 23.5 Å². The summed E-state index contributed by atoms with van der Waals surface area (Å²) in [6.45, 7) is 0.673. The minimum atomic E-state index is 0. The molecule has 0 saturated heterocycles. The van der Waals surface area contributed by atoms with Gasteiger partial charge >= 0.3 is 0 Å². The molecule has 0 aromatic carbocycles. The van der Waals surface area contributed by atoms with Crippen LogP contribution in [0, 0.1) is 5.92 Å². The van der Waals surface area contributed by atoms with Gasteiger partial charge in [0.2, 0.25) is 5.91 Å². The molecule has 1 aliphatic rings. The molecule has 2 rings (SSSR count). The van der Waals surface area contributed by atoms with Gasteiger partial charge in [0, 0.05) is 31.4 Å². The summed E-state index contributed by atoms with van der Waals surface area (Å²) in [4.78, 5) is 15.9. The van der Waals surface area contributed by atoms with Crippen molar-refractivity contribution in [3.8, 4) is 0 Å². The van der Waals surface area contributed by atoms with E-state index in [4.69, 9.17) is 5.73 Å². The number of hydrogen-bond acceptors (Lipinski definition) is 3. The van der Waals surface area contributed by atoms with Crippen molar-refractivity contribution in [3.05, 3.63) is 30.1 Å². The number of nitrogens with one attached hydrogen (secondary N) is 1. The molecule has 1 aromatic heterocycles. The van der Waals surface area contributed by atoms with Gasteiger partial charge in [0.25, 0.3) is 0 Å². The minimum Gasteiger partial charge on any atom is -0.356 e. The van der Waals surface area contributed by atoms with Crippen LogP contribution < -0.4 is 11.1 Å². The minimum absolute atomic E-state index is 0. The third-order valence-corrected chi connectivity index (χ3v) is 3.87. The number of amides is 1. The number of rotatable bonds is 5. The average molecular weight is 334 g/mol. The van der Waals surface area contributed by atoms with Gasteiger partial charge in [-0.3, -0.25) is 9.78 Å². The topological polar surface area (TPSA) is 68.0 Å². The zero-order valence-electron chi connectivity index (χ0n) is 12.2. The Kier molecular flexibility index (Phi) is 10.4. The number of carbonyl (C=O) groups is 1. The number of pyridine rings is 1. The molecule has 0 aliphatic heterocycles. The first-order valence-corrected chi connectivity index (χ1v) is 7.17. The molecule has 3 N–H and O–H groups in total. The van der Waals surface area contributed by atoms with Crippen molar-refractivity contribution in [2.24, 2.45) is 11.7 Å². The second-order valence-electron chi connectivity index (χ2n) is 5.37. The Hall–Kier alpha value is -0.840. The van der Waals surface area contributed by atoms with Crippen LogP contribution in [0.3, 0.4) is 0 Å². The predicted molar refractivity (Wildman–Crippen MR) is 90.0 cm³/mol. The summed E-state index contributed by atoms with van der Waals surface area (Å²) in [7, 11) is 0. The molecular formula is C15H25Cl2N3O. The summed E-state index contributed by atoms with van der Waals surface area (Å²) in [6.07, 6.45) is 9.58. The lowest BCUT2D eigenvalue weighted by molar-refractivity contribution is -0.122. The molecule has 4 nitrogen and oxygen atoms in total. The van der Waals surface area contributed by atoms with Gasteiger partial charge in [0.05, 0.1) is 0 Å². The molecular weight excluding hydrogens is 309 g/mol. The first-order valence-electron chi connectivity index (χ1n) is 7.17. The van der Waals surface area contributed by atoms with Crippen molar-refractivity contribution in [1.82, 2.24) is 10.3 Å². The summed E-state index contributed by atoms with van der Waals surface area (Å²) in [5, 5.41) is 2.98. The lowest BCUT2D eigenvalue weighted by Crippen LogP contribution is -2.37. The Bertz CT molecular complexity index is 403. The molecule has 2 atom stereocenters. The fraction of sp³-hybridized carbons (Fsp3) is 0.600. The summed E-state index contributed by atoms with van der Waals surface area (Å²) < 4.78 is 0. The Morgan fingerprint density at radius 3 is 2.76 bits per heavy atom. The molecule has 1 saturated carbocycles. The van der Waals surface area contributed by atoms with Crippen LogP contribution in [-0.2, 0) is 11.2 Å². The van der Waals surface area contributed by atoms with E-state index in [1.54, 1.807) is 6.20 Å². The van der Waals surface area contributed by atoms with E-state index in [9.17, 15) is 4.79 Å². The fourth-order valence-corrected chi connectivity index (χ4v) is 2.69. The second-order valence-corrected chi connectivity index (χ2v) is 5.37. The SMILES string of the molecule is Cl.Cl.NC1CCCCC1CC(=O)NCCc1cccnc1. The zero-order chi connectivity index (χ0) is 13.5. The van der Waals surface area contributed by atoms with E-state index in [1.165, 1.54) is 12.8 Å². The van der Waals surface area contributed by atoms with Crippen molar-refractivity contribution < 1.29 is 4.79 Å². The highest BCUT2D eigenvalue weighted by atomic mass is 35.5. The molecule has 1 heterocycles. The van der Waals surface area contributed by atoms with Crippen molar-refractivity contribution in [2.75, 3.05) is 6.54 Å². The Morgan fingerprint density at radius 1 is 1.33 bits per heavy atom. The normalized spacial score (nSPS) is 20.8. The van der Waals surface area contributed by atoms with Gasteiger partial charge in [-0.1, -0.05) is 18.9 Å². The zero-order valence-corrected chi connectivity index (χ0v) is 13.8. The highest BCUT2D eigenvalue weighted by Gasteiger charge is 2.23. The Balaban J connectivity index is 0.00000200.